The second-order valence-electron chi connectivity index (χ2n) is 4.35. The maximum absolute atomic E-state index is 11.4. The highest BCUT2D eigenvalue weighted by atomic mass is 79.9. The molecule has 1 saturated heterocycles. The Morgan fingerprint density at radius 2 is 2.16 bits per heavy atom. The van der Waals surface area contributed by atoms with Crippen molar-refractivity contribution < 1.29 is 9.32 Å². The van der Waals surface area contributed by atoms with Crippen molar-refractivity contribution in [3.8, 4) is 11.4 Å². The van der Waals surface area contributed by atoms with Crippen LogP contribution in [0.15, 0.2) is 33.3 Å². The Bertz CT molecular complexity index is 610. The van der Waals surface area contributed by atoms with Gasteiger partial charge in [0, 0.05) is 17.1 Å². The summed E-state index contributed by atoms with van der Waals surface area (Å²) < 4.78 is 6.21. The van der Waals surface area contributed by atoms with Gasteiger partial charge in [-0.25, -0.2) is 4.79 Å². The van der Waals surface area contributed by atoms with Gasteiger partial charge in [0.25, 0.3) is 5.89 Å². The van der Waals surface area contributed by atoms with Crippen LogP contribution in [0.3, 0.4) is 0 Å². The van der Waals surface area contributed by atoms with Gasteiger partial charge >= 0.3 is 6.03 Å². The van der Waals surface area contributed by atoms with E-state index >= 15 is 0 Å². The SMILES string of the molecule is CN1CC(c2nc(-c3ccc(Br)cc3)no2)NC1=O. The molecule has 2 aromatic rings. The summed E-state index contributed by atoms with van der Waals surface area (Å²) in [5, 5.41) is 6.72. The molecule has 3 rings (SSSR count). The largest absolute Gasteiger partial charge is 0.337 e. The lowest BCUT2D eigenvalue weighted by molar-refractivity contribution is 0.226. The number of aromatic nitrogens is 2. The first kappa shape index (κ1) is 12.2. The van der Waals surface area contributed by atoms with Crippen LogP contribution in [-0.4, -0.2) is 34.7 Å². The summed E-state index contributed by atoms with van der Waals surface area (Å²) in [5.74, 6) is 0.946. The number of hydrogen-bond donors (Lipinski definition) is 1. The molecule has 0 saturated carbocycles. The average Bonchev–Trinajstić information content (AvgIpc) is 2.99. The molecular formula is C12H11BrN4O2. The Morgan fingerprint density at radius 3 is 2.79 bits per heavy atom. The van der Waals surface area contributed by atoms with Crippen LogP contribution in [0.1, 0.15) is 11.9 Å². The van der Waals surface area contributed by atoms with Gasteiger partial charge in [0.1, 0.15) is 6.04 Å². The van der Waals surface area contributed by atoms with Gasteiger partial charge in [0.2, 0.25) is 5.82 Å². The monoisotopic (exact) mass is 322 g/mol. The Balaban J connectivity index is 1.84. The van der Waals surface area contributed by atoms with E-state index in [4.69, 9.17) is 4.52 Å². The number of carbonyl (C=O) groups excluding carboxylic acids is 1. The number of urea groups is 1. The highest BCUT2D eigenvalue weighted by Gasteiger charge is 2.31. The molecule has 1 aliphatic rings. The van der Waals surface area contributed by atoms with Crippen molar-refractivity contribution in [2.75, 3.05) is 13.6 Å². The summed E-state index contributed by atoms with van der Waals surface area (Å²) in [6.45, 7) is 0.529. The van der Waals surface area contributed by atoms with E-state index in [1.807, 2.05) is 24.3 Å². The number of amides is 2. The normalized spacial score (nSPS) is 18.7. The molecule has 1 N–H and O–H groups in total. The van der Waals surface area contributed by atoms with Gasteiger partial charge in [-0.1, -0.05) is 21.1 Å². The lowest BCUT2D eigenvalue weighted by Gasteiger charge is -2.03. The Hall–Kier alpha value is -1.89. The first-order valence-corrected chi connectivity index (χ1v) is 6.54. The highest BCUT2D eigenvalue weighted by Crippen LogP contribution is 2.22. The Kier molecular flexibility index (Phi) is 2.98. The summed E-state index contributed by atoms with van der Waals surface area (Å²) in [6, 6.07) is 7.26. The number of rotatable bonds is 2. The number of hydrogen-bond acceptors (Lipinski definition) is 4. The van der Waals surface area contributed by atoms with Crippen molar-refractivity contribution in [2.45, 2.75) is 6.04 Å². The van der Waals surface area contributed by atoms with Crippen LogP contribution in [0.2, 0.25) is 0 Å². The van der Waals surface area contributed by atoms with Crippen molar-refractivity contribution in [3.63, 3.8) is 0 Å². The first-order chi connectivity index (χ1) is 9.13. The second-order valence-corrected chi connectivity index (χ2v) is 5.26. The topological polar surface area (TPSA) is 71.3 Å². The van der Waals surface area contributed by atoms with E-state index in [9.17, 15) is 4.79 Å². The number of halogens is 1. The fourth-order valence-electron chi connectivity index (χ4n) is 1.89. The summed E-state index contributed by atoms with van der Waals surface area (Å²) in [4.78, 5) is 17.3. The quantitative estimate of drug-likeness (QED) is 0.920. The summed E-state index contributed by atoms with van der Waals surface area (Å²) in [7, 11) is 1.72. The van der Waals surface area contributed by atoms with Gasteiger partial charge < -0.3 is 14.7 Å². The molecule has 2 heterocycles. The van der Waals surface area contributed by atoms with Crippen LogP contribution >= 0.6 is 15.9 Å². The van der Waals surface area contributed by atoms with E-state index in [-0.39, 0.29) is 12.1 Å². The van der Waals surface area contributed by atoms with E-state index in [1.54, 1.807) is 11.9 Å². The zero-order chi connectivity index (χ0) is 13.4. The van der Waals surface area contributed by atoms with Crippen molar-refractivity contribution in [1.29, 1.82) is 0 Å². The number of nitrogens with zero attached hydrogens (tertiary/aromatic N) is 3. The van der Waals surface area contributed by atoms with Gasteiger partial charge in [-0.2, -0.15) is 4.98 Å². The summed E-state index contributed by atoms with van der Waals surface area (Å²) in [6.07, 6.45) is 0. The molecule has 0 spiro atoms. The number of nitrogens with one attached hydrogen (secondary N) is 1. The molecule has 0 bridgehead atoms. The van der Waals surface area contributed by atoms with Gasteiger partial charge in [-0.15, -0.1) is 0 Å². The lowest BCUT2D eigenvalue weighted by atomic mass is 10.2. The number of likely N-dealkylation sites (N-methyl/N-ethyl adjacent to an activating group) is 1. The summed E-state index contributed by atoms with van der Waals surface area (Å²) in [5.41, 5.74) is 0.871. The maximum Gasteiger partial charge on any atom is 0.317 e. The average molecular weight is 323 g/mol. The minimum Gasteiger partial charge on any atom is -0.337 e. The molecule has 1 aromatic heterocycles. The van der Waals surface area contributed by atoms with Crippen molar-refractivity contribution >= 4 is 22.0 Å². The van der Waals surface area contributed by atoms with Gasteiger partial charge in [-0.05, 0) is 24.3 Å². The molecule has 0 aliphatic carbocycles. The standard InChI is InChI=1S/C12H11BrN4O2/c1-17-6-9(14-12(17)18)11-15-10(16-19-11)7-2-4-8(13)5-3-7/h2-5,9H,6H2,1H3,(H,14,18). The van der Waals surface area contributed by atoms with Crippen LogP contribution in [0.4, 0.5) is 4.79 Å². The molecule has 1 unspecified atom stereocenters. The van der Waals surface area contributed by atoms with Gasteiger partial charge in [-0.3, -0.25) is 0 Å². The molecule has 1 aromatic carbocycles. The predicted molar refractivity (Wildman–Crippen MR) is 71.3 cm³/mol. The third-order valence-corrected chi connectivity index (χ3v) is 3.47. The molecule has 1 atom stereocenters. The minimum atomic E-state index is -0.241. The van der Waals surface area contributed by atoms with E-state index in [2.05, 4.69) is 31.4 Å². The molecule has 2 amide bonds. The fourth-order valence-corrected chi connectivity index (χ4v) is 2.16. The first-order valence-electron chi connectivity index (χ1n) is 5.74. The number of carbonyl (C=O) groups is 1. The zero-order valence-electron chi connectivity index (χ0n) is 10.1. The molecule has 98 valence electrons. The molecule has 0 radical (unpaired) electrons. The zero-order valence-corrected chi connectivity index (χ0v) is 11.7. The molecule has 1 fully saturated rings. The van der Waals surface area contributed by atoms with Crippen molar-refractivity contribution in [3.05, 3.63) is 34.6 Å². The molecule has 7 heteroatoms. The van der Waals surface area contributed by atoms with Crippen molar-refractivity contribution in [2.24, 2.45) is 0 Å². The lowest BCUT2D eigenvalue weighted by Crippen LogP contribution is -2.24. The predicted octanol–water partition coefficient (Wildman–Crippen LogP) is 2.20. The van der Waals surface area contributed by atoms with Gasteiger partial charge in [0.05, 0.1) is 6.54 Å². The van der Waals surface area contributed by atoms with Crippen molar-refractivity contribution in [1.82, 2.24) is 20.4 Å². The molecule has 6 nitrogen and oxygen atoms in total. The smallest absolute Gasteiger partial charge is 0.317 e. The van der Waals surface area contributed by atoms with Crippen LogP contribution in [-0.2, 0) is 0 Å². The highest BCUT2D eigenvalue weighted by molar-refractivity contribution is 9.10. The summed E-state index contributed by atoms with van der Waals surface area (Å²) >= 11 is 3.37. The maximum atomic E-state index is 11.4. The van der Waals surface area contributed by atoms with Crippen LogP contribution < -0.4 is 5.32 Å². The van der Waals surface area contributed by atoms with Crippen LogP contribution in [0, 0.1) is 0 Å². The van der Waals surface area contributed by atoms with Crippen LogP contribution in [0.5, 0.6) is 0 Å². The third kappa shape index (κ3) is 2.33. The van der Waals surface area contributed by atoms with Crippen LogP contribution in [0.25, 0.3) is 11.4 Å². The van der Waals surface area contributed by atoms with E-state index in [0.717, 1.165) is 10.0 Å². The third-order valence-electron chi connectivity index (χ3n) is 2.94. The number of benzene rings is 1. The van der Waals surface area contributed by atoms with E-state index < -0.39 is 0 Å². The van der Waals surface area contributed by atoms with Gasteiger partial charge in [0.15, 0.2) is 0 Å². The Labute approximate surface area is 117 Å². The second kappa shape index (κ2) is 4.65. The molecule has 1 aliphatic heterocycles. The Morgan fingerprint density at radius 1 is 1.42 bits per heavy atom. The minimum absolute atomic E-state index is 0.131. The fraction of sp³-hybridized carbons (Fsp3) is 0.250. The van der Waals surface area contributed by atoms with E-state index in [0.29, 0.717) is 18.3 Å². The van der Waals surface area contributed by atoms with E-state index in [1.165, 1.54) is 0 Å². The molecular weight excluding hydrogens is 312 g/mol. The molecule has 19 heavy (non-hydrogen) atoms.